The summed E-state index contributed by atoms with van der Waals surface area (Å²) in [5.74, 6) is -1.19. The van der Waals surface area contributed by atoms with Crippen molar-refractivity contribution in [3.63, 3.8) is 0 Å². The molecule has 0 heterocycles. The number of carbonyl (C=O) groups is 2. The van der Waals surface area contributed by atoms with Crippen LogP contribution in [0.15, 0.2) is 0 Å². The molecule has 0 unspecified atom stereocenters. The molecular weight excluding hydrogens is 320 g/mol. The maximum Gasteiger partial charge on any atom is 0.344 e. The van der Waals surface area contributed by atoms with Gasteiger partial charge in [0.05, 0.1) is 46.2 Å². The van der Waals surface area contributed by atoms with E-state index in [0.29, 0.717) is 33.0 Å². The van der Waals surface area contributed by atoms with Gasteiger partial charge in [0.25, 0.3) is 0 Å². The van der Waals surface area contributed by atoms with Crippen molar-refractivity contribution >= 4 is 11.9 Å². The van der Waals surface area contributed by atoms with Crippen LogP contribution in [0.1, 0.15) is 20.8 Å². The van der Waals surface area contributed by atoms with Crippen molar-refractivity contribution in [2.75, 3.05) is 66.6 Å². The maximum absolute atomic E-state index is 11.4. The van der Waals surface area contributed by atoms with Crippen molar-refractivity contribution in [3.8, 4) is 0 Å². The molecule has 0 aliphatic carbocycles. The van der Waals surface area contributed by atoms with Gasteiger partial charge in [0.1, 0.15) is 6.61 Å². The summed E-state index contributed by atoms with van der Waals surface area (Å²) in [5, 5.41) is 0. The SMILES string of the molecule is COCCOCCOCCOCC(=O)OCC(=O)OCC(C)(C)C. The van der Waals surface area contributed by atoms with Crippen molar-refractivity contribution in [3.05, 3.63) is 0 Å². The lowest BCUT2D eigenvalue weighted by molar-refractivity contribution is -0.163. The van der Waals surface area contributed by atoms with Gasteiger partial charge < -0.3 is 28.4 Å². The molecule has 0 amide bonds. The number of hydrogen-bond donors (Lipinski definition) is 0. The Hall–Kier alpha value is -1.22. The van der Waals surface area contributed by atoms with Crippen LogP contribution in [0, 0.1) is 5.41 Å². The summed E-state index contributed by atoms with van der Waals surface area (Å²) in [6, 6.07) is 0. The first-order chi connectivity index (χ1) is 11.3. The number of ether oxygens (including phenoxy) is 6. The van der Waals surface area contributed by atoms with Crippen LogP contribution >= 0.6 is 0 Å². The molecule has 0 saturated carbocycles. The van der Waals surface area contributed by atoms with Gasteiger partial charge in [-0.1, -0.05) is 20.8 Å². The third-order valence-corrected chi connectivity index (χ3v) is 2.41. The second-order valence-corrected chi connectivity index (χ2v) is 6.15. The second-order valence-electron chi connectivity index (χ2n) is 6.15. The number of carbonyl (C=O) groups excluding carboxylic acids is 2. The fraction of sp³-hybridized carbons (Fsp3) is 0.875. The molecule has 8 heteroatoms. The number of rotatable bonds is 14. The number of esters is 2. The average molecular weight is 350 g/mol. The molecule has 0 fully saturated rings. The predicted octanol–water partition coefficient (Wildman–Crippen LogP) is 0.815. The zero-order chi connectivity index (χ0) is 18.3. The van der Waals surface area contributed by atoms with Crippen LogP contribution < -0.4 is 0 Å². The standard InChI is InChI=1S/C16H30O8/c1-16(2,3)13-24-15(18)12-23-14(17)11-22-10-9-21-8-7-20-6-5-19-4/h5-13H2,1-4H3. The lowest BCUT2D eigenvalue weighted by Gasteiger charge is -2.17. The molecule has 0 rings (SSSR count). The van der Waals surface area contributed by atoms with Crippen LogP contribution in [-0.4, -0.2) is 78.5 Å². The number of hydrogen-bond acceptors (Lipinski definition) is 8. The van der Waals surface area contributed by atoms with Gasteiger partial charge in [-0.3, -0.25) is 0 Å². The summed E-state index contributed by atoms with van der Waals surface area (Å²) < 4.78 is 30.1. The molecule has 0 aliphatic heterocycles. The highest BCUT2D eigenvalue weighted by molar-refractivity contribution is 5.76. The van der Waals surface area contributed by atoms with Gasteiger partial charge in [-0.15, -0.1) is 0 Å². The van der Waals surface area contributed by atoms with E-state index >= 15 is 0 Å². The minimum absolute atomic E-state index is 0.127. The minimum Gasteiger partial charge on any atom is -0.463 e. The molecule has 8 nitrogen and oxygen atoms in total. The summed E-state index contributed by atoms with van der Waals surface area (Å²) >= 11 is 0. The smallest absolute Gasteiger partial charge is 0.344 e. The van der Waals surface area contributed by atoms with Crippen molar-refractivity contribution in [1.82, 2.24) is 0 Å². The van der Waals surface area contributed by atoms with Crippen LogP contribution in [0.5, 0.6) is 0 Å². The van der Waals surface area contributed by atoms with Crippen molar-refractivity contribution < 1.29 is 38.0 Å². The summed E-state index contributed by atoms with van der Waals surface area (Å²) in [7, 11) is 1.61. The molecule has 142 valence electrons. The van der Waals surface area contributed by atoms with E-state index < -0.39 is 18.5 Å². The van der Waals surface area contributed by atoms with Gasteiger partial charge >= 0.3 is 11.9 Å². The number of methoxy groups -OCH3 is 1. The summed E-state index contributed by atoms with van der Waals surface area (Å²) in [5.41, 5.74) is -0.127. The molecule has 0 aromatic rings. The van der Waals surface area contributed by atoms with Crippen LogP contribution in [0.2, 0.25) is 0 Å². The molecule has 0 spiro atoms. The second kappa shape index (κ2) is 14.2. The fourth-order valence-electron chi connectivity index (χ4n) is 1.26. The molecular formula is C16H30O8. The van der Waals surface area contributed by atoms with E-state index in [0.717, 1.165) is 0 Å². The Morgan fingerprint density at radius 2 is 1.21 bits per heavy atom. The lowest BCUT2D eigenvalue weighted by atomic mass is 9.99. The van der Waals surface area contributed by atoms with Gasteiger partial charge in [-0.05, 0) is 5.41 Å². The molecule has 0 aromatic carbocycles. The molecule has 24 heavy (non-hydrogen) atoms. The van der Waals surface area contributed by atoms with Gasteiger partial charge in [0.2, 0.25) is 0 Å². The Bertz CT molecular complexity index is 337. The van der Waals surface area contributed by atoms with E-state index in [1.807, 2.05) is 20.8 Å². The van der Waals surface area contributed by atoms with Crippen molar-refractivity contribution in [1.29, 1.82) is 0 Å². The van der Waals surface area contributed by atoms with Gasteiger partial charge in [-0.2, -0.15) is 0 Å². The predicted molar refractivity (Wildman–Crippen MR) is 85.7 cm³/mol. The maximum atomic E-state index is 11.4. The molecule has 0 aromatic heterocycles. The Morgan fingerprint density at radius 3 is 1.75 bits per heavy atom. The fourth-order valence-corrected chi connectivity index (χ4v) is 1.26. The topological polar surface area (TPSA) is 89.5 Å². The van der Waals surface area contributed by atoms with Crippen LogP contribution in [-0.2, 0) is 38.0 Å². The highest BCUT2D eigenvalue weighted by Crippen LogP contribution is 2.12. The minimum atomic E-state index is -0.620. The quantitative estimate of drug-likeness (QED) is 0.336. The van der Waals surface area contributed by atoms with Crippen LogP contribution in [0.4, 0.5) is 0 Å². The third kappa shape index (κ3) is 17.1. The van der Waals surface area contributed by atoms with Crippen LogP contribution in [0.3, 0.4) is 0 Å². The first-order valence-corrected chi connectivity index (χ1v) is 7.88. The normalized spacial score (nSPS) is 11.3. The van der Waals surface area contributed by atoms with Gasteiger partial charge in [-0.25, -0.2) is 9.59 Å². The summed E-state index contributed by atoms with van der Waals surface area (Å²) in [4.78, 5) is 22.7. The van der Waals surface area contributed by atoms with E-state index in [2.05, 4.69) is 0 Å². The van der Waals surface area contributed by atoms with E-state index in [1.165, 1.54) is 0 Å². The lowest BCUT2D eigenvalue weighted by Crippen LogP contribution is -2.24. The Balaban J connectivity index is 3.39. The van der Waals surface area contributed by atoms with Crippen molar-refractivity contribution in [2.24, 2.45) is 5.41 Å². The first-order valence-electron chi connectivity index (χ1n) is 7.88. The molecule has 0 radical (unpaired) electrons. The largest absolute Gasteiger partial charge is 0.463 e. The highest BCUT2D eigenvalue weighted by atomic mass is 16.6. The van der Waals surface area contributed by atoms with E-state index in [1.54, 1.807) is 7.11 Å². The van der Waals surface area contributed by atoms with Crippen LogP contribution in [0.25, 0.3) is 0 Å². The molecule has 0 N–H and O–H groups in total. The zero-order valence-corrected chi connectivity index (χ0v) is 15.1. The molecule has 0 atom stereocenters. The monoisotopic (exact) mass is 350 g/mol. The Kier molecular flexibility index (Phi) is 13.4. The third-order valence-electron chi connectivity index (χ3n) is 2.41. The molecule has 0 bridgehead atoms. The highest BCUT2D eigenvalue weighted by Gasteiger charge is 2.15. The molecule has 0 saturated heterocycles. The van der Waals surface area contributed by atoms with E-state index in [9.17, 15) is 9.59 Å². The van der Waals surface area contributed by atoms with Crippen molar-refractivity contribution in [2.45, 2.75) is 20.8 Å². The Labute approximate surface area is 143 Å². The van der Waals surface area contributed by atoms with Gasteiger partial charge in [0, 0.05) is 7.11 Å². The van der Waals surface area contributed by atoms with Gasteiger partial charge in [0.15, 0.2) is 6.61 Å². The van der Waals surface area contributed by atoms with E-state index in [-0.39, 0.29) is 25.2 Å². The van der Waals surface area contributed by atoms with E-state index in [4.69, 9.17) is 28.4 Å². The first kappa shape index (κ1) is 22.8. The molecule has 0 aliphatic rings. The zero-order valence-electron chi connectivity index (χ0n) is 15.1. The summed E-state index contributed by atoms with van der Waals surface area (Å²) in [6.45, 7) is 8.03. The summed E-state index contributed by atoms with van der Waals surface area (Å²) in [6.07, 6.45) is 0. The average Bonchev–Trinajstić information content (AvgIpc) is 2.52. The Morgan fingerprint density at radius 1 is 0.708 bits per heavy atom.